The Kier molecular flexibility index (Phi) is 2.32. The second-order valence-electron chi connectivity index (χ2n) is 4.81. The molecular formula is C13H14BrNO. The fraction of sp³-hybridized carbons (Fsp3) is 0.462. The molecule has 1 saturated carbocycles. The van der Waals surface area contributed by atoms with Gasteiger partial charge < -0.3 is 10.1 Å². The molecule has 2 aliphatic rings. The van der Waals surface area contributed by atoms with E-state index in [9.17, 15) is 4.79 Å². The molecule has 1 aromatic rings. The van der Waals surface area contributed by atoms with Crippen molar-refractivity contribution in [2.45, 2.75) is 37.1 Å². The van der Waals surface area contributed by atoms with E-state index >= 15 is 0 Å². The van der Waals surface area contributed by atoms with Crippen molar-refractivity contribution in [3.63, 3.8) is 0 Å². The van der Waals surface area contributed by atoms with Gasteiger partial charge in [0.2, 0.25) is 0 Å². The van der Waals surface area contributed by atoms with Gasteiger partial charge >= 0.3 is 0 Å². The van der Waals surface area contributed by atoms with Crippen LogP contribution < -0.4 is 5.32 Å². The van der Waals surface area contributed by atoms with Gasteiger partial charge in [0, 0.05) is 15.6 Å². The highest BCUT2D eigenvalue weighted by molar-refractivity contribution is 9.10. The fourth-order valence-electron chi connectivity index (χ4n) is 3.28. The number of anilines is 1. The highest BCUT2D eigenvalue weighted by atomic mass is 79.9. The monoisotopic (exact) mass is 279 g/mol. The molecule has 0 radical (unpaired) electrons. The lowest BCUT2D eigenvalue weighted by Gasteiger charge is -2.27. The van der Waals surface area contributed by atoms with Gasteiger partial charge in [0.05, 0.1) is 6.04 Å². The molecule has 1 heterocycles. The van der Waals surface area contributed by atoms with E-state index in [1.54, 1.807) is 0 Å². The highest BCUT2D eigenvalue weighted by Gasteiger charge is 2.48. The quantitative estimate of drug-likeness (QED) is 0.800. The van der Waals surface area contributed by atoms with E-state index in [0.717, 1.165) is 29.3 Å². The first-order valence-electron chi connectivity index (χ1n) is 5.78. The van der Waals surface area contributed by atoms with Crippen LogP contribution in [0.1, 0.15) is 31.2 Å². The maximum atomic E-state index is 11.2. The highest BCUT2D eigenvalue weighted by Crippen LogP contribution is 2.51. The lowest BCUT2D eigenvalue weighted by atomic mass is 9.76. The predicted octanol–water partition coefficient (Wildman–Crippen LogP) is 3.25. The Balaban J connectivity index is 2.15. The topological polar surface area (TPSA) is 29.1 Å². The van der Waals surface area contributed by atoms with Crippen molar-refractivity contribution in [3.8, 4) is 0 Å². The van der Waals surface area contributed by atoms with E-state index < -0.39 is 0 Å². The summed E-state index contributed by atoms with van der Waals surface area (Å²) in [6, 6.07) is 6.25. The van der Waals surface area contributed by atoms with Gasteiger partial charge in [-0.25, -0.2) is 0 Å². The third-order valence-corrected chi connectivity index (χ3v) is 4.55. The second kappa shape index (κ2) is 3.59. The van der Waals surface area contributed by atoms with Gasteiger partial charge in [-0.15, -0.1) is 0 Å². The van der Waals surface area contributed by atoms with Crippen molar-refractivity contribution in [1.82, 2.24) is 0 Å². The number of fused-ring (bicyclic) bond motifs is 2. The molecule has 2 nitrogen and oxygen atoms in total. The zero-order valence-electron chi connectivity index (χ0n) is 9.00. The zero-order valence-corrected chi connectivity index (χ0v) is 10.6. The Morgan fingerprint density at radius 3 is 2.81 bits per heavy atom. The molecule has 3 heteroatoms. The molecule has 1 fully saturated rings. The van der Waals surface area contributed by atoms with Gasteiger partial charge in [-0.05, 0) is 36.6 Å². The molecule has 1 unspecified atom stereocenters. The summed E-state index contributed by atoms with van der Waals surface area (Å²) >= 11 is 3.52. The number of carbonyl (C=O) groups is 1. The van der Waals surface area contributed by atoms with Gasteiger partial charge in [0.25, 0.3) is 0 Å². The summed E-state index contributed by atoms with van der Waals surface area (Å²) < 4.78 is 1.10. The van der Waals surface area contributed by atoms with Gasteiger partial charge in [0.1, 0.15) is 6.29 Å². The first kappa shape index (κ1) is 10.3. The Labute approximate surface area is 104 Å². The van der Waals surface area contributed by atoms with Gasteiger partial charge in [-0.3, -0.25) is 0 Å². The molecule has 0 bridgehead atoms. The first-order valence-corrected chi connectivity index (χ1v) is 6.57. The summed E-state index contributed by atoms with van der Waals surface area (Å²) in [6.45, 7) is 0. The third kappa shape index (κ3) is 1.27. The molecule has 1 aliphatic heterocycles. The van der Waals surface area contributed by atoms with Crippen LogP contribution in [0.5, 0.6) is 0 Å². The summed E-state index contributed by atoms with van der Waals surface area (Å²) in [5.41, 5.74) is 2.54. The van der Waals surface area contributed by atoms with E-state index in [-0.39, 0.29) is 11.5 Å². The number of nitrogens with one attached hydrogen (secondary N) is 1. The van der Waals surface area contributed by atoms with E-state index in [1.807, 2.05) is 6.07 Å². The van der Waals surface area contributed by atoms with E-state index in [0.29, 0.717) is 0 Å². The Morgan fingerprint density at radius 2 is 2.12 bits per heavy atom. The zero-order chi connectivity index (χ0) is 11.2. The Hall–Kier alpha value is -0.830. The number of benzene rings is 1. The van der Waals surface area contributed by atoms with E-state index in [1.165, 1.54) is 18.4 Å². The molecule has 84 valence electrons. The summed E-state index contributed by atoms with van der Waals surface area (Å²) in [7, 11) is 0. The van der Waals surface area contributed by atoms with Crippen LogP contribution in [-0.2, 0) is 10.2 Å². The number of hydrogen-bond acceptors (Lipinski definition) is 2. The minimum absolute atomic E-state index is 0.0284. The van der Waals surface area contributed by atoms with Crippen LogP contribution in [0.2, 0.25) is 0 Å². The molecule has 16 heavy (non-hydrogen) atoms. The average molecular weight is 280 g/mol. The number of carbonyl (C=O) groups excluding carboxylic acids is 1. The van der Waals surface area contributed by atoms with Crippen LogP contribution in [0.4, 0.5) is 5.69 Å². The molecule has 0 aromatic heterocycles. The van der Waals surface area contributed by atoms with Crippen LogP contribution in [0, 0.1) is 0 Å². The van der Waals surface area contributed by atoms with Crippen LogP contribution in [0.25, 0.3) is 0 Å². The number of aldehydes is 1. The van der Waals surface area contributed by atoms with Gasteiger partial charge in [0.15, 0.2) is 0 Å². The second-order valence-corrected chi connectivity index (χ2v) is 5.73. The van der Waals surface area contributed by atoms with Gasteiger partial charge in [-0.1, -0.05) is 28.8 Å². The Morgan fingerprint density at radius 1 is 1.38 bits per heavy atom. The third-order valence-electron chi connectivity index (χ3n) is 4.06. The molecule has 1 aromatic carbocycles. The number of halogens is 1. The summed E-state index contributed by atoms with van der Waals surface area (Å²) in [5.74, 6) is 0. The summed E-state index contributed by atoms with van der Waals surface area (Å²) in [6.07, 6.45) is 5.81. The van der Waals surface area contributed by atoms with Crippen LogP contribution in [-0.4, -0.2) is 12.3 Å². The molecule has 1 N–H and O–H groups in total. The van der Waals surface area contributed by atoms with Crippen molar-refractivity contribution < 1.29 is 4.79 Å². The van der Waals surface area contributed by atoms with Crippen molar-refractivity contribution in [3.05, 3.63) is 28.2 Å². The molecule has 1 atom stereocenters. The number of hydrogen-bond donors (Lipinski definition) is 1. The number of rotatable bonds is 1. The standard InChI is InChI=1S/C13H14BrNO/c14-9-3-4-11-10(7-9)13(5-1-2-6-13)12(8-16)15-11/h3-4,7-8,12,15H,1-2,5-6H2. The average Bonchev–Trinajstić information content (AvgIpc) is 2.87. The summed E-state index contributed by atoms with van der Waals surface area (Å²) in [4.78, 5) is 11.2. The largest absolute Gasteiger partial charge is 0.375 e. The first-order chi connectivity index (χ1) is 7.76. The van der Waals surface area contributed by atoms with Crippen molar-refractivity contribution in [2.75, 3.05) is 5.32 Å². The SMILES string of the molecule is O=CC1Nc2ccc(Br)cc2C12CCCC2. The maximum absolute atomic E-state index is 11.2. The van der Waals surface area contributed by atoms with E-state index in [2.05, 4.69) is 33.4 Å². The predicted molar refractivity (Wildman–Crippen MR) is 67.8 cm³/mol. The normalized spacial score (nSPS) is 25.4. The molecule has 1 aliphatic carbocycles. The van der Waals surface area contributed by atoms with Crippen LogP contribution in [0.3, 0.4) is 0 Å². The molecule has 0 saturated heterocycles. The molecule has 1 spiro atoms. The van der Waals surface area contributed by atoms with Gasteiger partial charge in [-0.2, -0.15) is 0 Å². The smallest absolute Gasteiger partial charge is 0.143 e. The minimum atomic E-state index is -0.0284. The molecule has 3 rings (SSSR count). The lowest BCUT2D eigenvalue weighted by molar-refractivity contribution is -0.109. The lowest BCUT2D eigenvalue weighted by Crippen LogP contribution is -2.37. The minimum Gasteiger partial charge on any atom is -0.375 e. The van der Waals surface area contributed by atoms with Crippen molar-refractivity contribution >= 4 is 27.9 Å². The fourth-order valence-corrected chi connectivity index (χ4v) is 3.64. The maximum Gasteiger partial charge on any atom is 0.143 e. The van der Waals surface area contributed by atoms with Crippen LogP contribution in [0.15, 0.2) is 22.7 Å². The van der Waals surface area contributed by atoms with E-state index in [4.69, 9.17) is 0 Å². The summed E-state index contributed by atoms with van der Waals surface area (Å²) in [5, 5.41) is 3.36. The molecular weight excluding hydrogens is 266 g/mol. The Bertz CT molecular complexity index is 438. The van der Waals surface area contributed by atoms with Crippen LogP contribution >= 0.6 is 15.9 Å². The van der Waals surface area contributed by atoms with Crippen molar-refractivity contribution in [1.29, 1.82) is 0 Å². The van der Waals surface area contributed by atoms with Crippen molar-refractivity contribution in [2.24, 2.45) is 0 Å². The molecule has 0 amide bonds.